The Morgan fingerprint density at radius 3 is 3.12 bits per heavy atom. The van der Waals surface area contributed by atoms with Gasteiger partial charge in [0.2, 0.25) is 5.95 Å². The summed E-state index contributed by atoms with van der Waals surface area (Å²) in [6.07, 6.45) is 2.90. The van der Waals surface area contributed by atoms with E-state index in [1.807, 2.05) is 12.1 Å². The Morgan fingerprint density at radius 2 is 2.38 bits per heavy atom. The maximum atomic E-state index is 4.37. The number of nitrogens with zero attached hydrogens (tertiary/aromatic N) is 2. The van der Waals surface area contributed by atoms with Crippen LogP contribution in [-0.2, 0) is 0 Å². The average molecular weight is 240 g/mol. The van der Waals surface area contributed by atoms with E-state index in [-0.39, 0.29) is 12.4 Å². The lowest BCUT2D eigenvalue weighted by atomic mass is 10.3. The molecule has 86 valence electrons. The molecule has 0 saturated carbocycles. The van der Waals surface area contributed by atoms with Gasteiger partial charge >= 0.3 is 0 Å². The van der Waals surface area contributed by atoms with Crippen LogP contribution in [0, 0.1) is 0 Å². The molecule has 1 unspecified atom stereocenters. The van der Waals surface area contributed by atoms with Gasteiger partial charge in [0.15, 0.2) is 5.65 Å². The van der Waals surface area contributed by atoms with Crippen molar-refractivity contribution < 1.29 is 0 Å². The molecule has 0 amide bonds. The van der Waals surface area contributed by atoms with E-state index in [1.54, 1.807) is 6.20 Å². The number of aromatic amines is 1. The van der Waals surface area contributed by atoms with Crippen LogP contribution in [0.3, 0.4) is 0 Å². The Balaban J connectivity index is 0.000000963. The van der Waals surface area contributed by atoms with Crippen molar-refractivity contribution in [1.82, 2.24) is 20.3 Å². The lowest BCUT2D eigenvalue weighted by Gasteiger charge is -2.08. The number of pyridine rings is 1. The summed E-state index contributed by atoms with van der Waals surface area (Å²) in [5.74, 6) is 0.817. The predicted octanol–water partition coefficient (Wildman–Crippen LogP) is 1.15. The molecule has 0 aromatic carbocycles. The van der Waals surface area contributed by atoms with Crippen LogP contribution in [0.15, 0.2) is 18.3 Å². The second-order valence-electron chi connectivity index (χ2n) is 3.79. The molecule has 1 atom stereocenters. The second kappa shape index (κ2) is 4.67. The minimum atomic E-state index is 0. The van der Waals surface area contributed by atoms with Gasteiger partial charge in [-0.2, -0.15) is 4.98 Å². The molecule has 1 aliphatic rings. The SMILES string of the molecule is Cl.c1cnc2nc(NC3CCNC3)[nH]c2c1. The Hall–Kier alpha value is -1.33. The smallest absolute Gasteiger partial charge is 0.202 e. The molecule has 3 heterocycles. The largest absolute Gasteiger partial charge is 0.352 e. The third-order valence-electron chi connectivity index (χ3n) is 2.66. The van der Waals surface area contributed by atoms with E-state index in [1.165, 1.54) is 0 Å². The summed E-state index contributed by atoms with van der Waals surface area (Å²) in [5.41, 5.74) is 1.75. The Bertz CT molecular complexity index is 430. The maximum Gasteiger partial charge on any atom is 0.202 e. The summed E-state index contributed by atoms with van der Waals surface area (Å²) in [5, 5.41) is 6.67. The molecule has 5 nitrogen and oxygen atoms in total. The molecule has 1 saturated heterocycles. The van der Waals surface area contributed by atoms with Gasteiger partial charge in [-0.05, 0) is 25.1 Å². The molecule has 0 spiro atoms. The van der Waals surface area contributed by atoms with Crippen LogP contribution in [0.25, 0.3) is 11.2 Å². The first-order chi connectivity index (χ1) is 7.42. The molecule has 1 aliphatic heterocycles. The van der Waals surface area contributed by atoms with Gasteiger partial charge in [-0.15, -0.1) is 12.4 Å². The number of rotatable bonds is 2. The lowest BCUT2D eigenvalue weighted by molar-refractivity contribution is 0.784. The molecule has 0 radical (unpaired) electrons. The van der Waals surface area contributed by atoms with Crippen LogP contribution < -0.4 is 10.6 Å². The molecule has 0 aliphatic carbocycles. The van der Waals surface area contributed by atoms with Crippen LogP contribution in [0.4, 0.5) is 5.95 Å². The second-order valence-corrected chi connectivity index (χ2v) is 3.79. The first kappa shape index (κ1) is 11.2. The fraction of sp³-hybridized carbons (Fsp3) is 0.400. The van der Waals surface area contributed by atoms with E-state index in [4.69, 9.17) is 0 Å². The monoisotopic (exact) mass is 239 g/mol. The Kier molecular flexibility index (Phi) is 3.26. The summed E-state index contributed by atoms with van der Waals surface area (Å²) in [7, 11) is 0. The van der Waals surface area contributed by atoms with E-state index in [9.17, 15) is 0 Å². The van der Waals surface area contributed by atoms with Gasteiger partial charge in [-0.25, -0.2) is 4.98 Å². The number of imidazole rings is 1. The molecule has 2 aromatic heterocycles. The first-order valence-corrected chi connectivity index (χ1v) is 5.20. The molecule has 16 heavy (non-hydrogen) atoms. The molecule has 3 N–H and O–H groups in total. The van der Waals surface area contributed by atoms with Crippen molar-refractivity contribution >= 4 is 29.5 Å². The summed E-state index contributed by atoms with van der Waals surface area (Å²) in [6, 6.07) is 4.36. The van der Waals surface area contributed by atoms with Gasteiger partial charge in [-0.1, -0.05) is 0 Å². The van der Waals surface area contributed by atoms with Gasteiger partial charge < -0.3 is 15.6 Å². The van der Waals surface area contributed by atoms with Gasteiger partial charge in [0.05, 0.1) is 5.52 Å². The molecule has 1 fully saturated rings. The lowest BCUT2D eigenvalue weighted by Crippen LogP contribution is -2.22. The van der Waals surface area contributed by atoms with Crippen molar-refractivity contribution in [2.75, 3.05) is 18.4 Å². The van der Waals surface area contributed by atoms with Crippen LogP contribution in [-0.4, -0.2) is 34.1 Å². The van der Waals surface area contributed by atoms with Gasteiger partial charge in [0.1, 0.15) is 0 Å². The zero-order valence-electron chi connectivity index (χ0n) is 8.73. The fourth-order valence-corrected chi connectivity index (χ4v) is 1.88. The number of H-pyrrole nitrogens is 1. The fourth-order valence-electron chi connectivity index (χ4n) is 1.88. The Morgan fingerprint density at radius 1 is 1.44 bits per heavy atom. The molecule has 6 heteroatoms. The van der Waals surface area contributed by atoms with Crippen molar-refractivity contribution in [3.8, 4) is 0 Å². The summed E-state index contributed by atoms with van der Waals surface area (Å²) in [6.45, 7) is 2.08. The van der Waals surface area contributed by atoms with Gasteiger partial charge in [0, 0.05) is 18.8 Å². The number of aromatic nitrogens is 3. The van der Waals surface area contributed by atoms with Crippen molar-refractivity contribution in [2.24, 2.45) is 0 Å². The third-order valence-corrected chi connectivity index (χ3v) is 2.66. The number of nitrogens with one attached hydrogen (secondary N) is 3. The van der Waals surface area contributed by atoms with Crippen molar-refractivity contribution in [3.05, 3.63) is 18.3 Å². The average Bonchev–Trinajstić information content (AvgIpc) is 2.86. The van der Waals surface area contributed by atoms with Gasteiger partial charge in [0.25, 0.3) is 0 Å². The highest BCUT2D eigenvalue weighted by atomic mass is 35.5. The summed E-state index contributed by atoms with van der Waals surface area (Å²) < 4.78 is 0. The van der Waals surface area contributed by atoms with Crippen molar-refractivity contribution in [2.45, 2.75) is 12.5 Å². The van der Waals surface area contributed by atoms with E-state index >= 15 is 0 Å². The number of hydrogen-bond donors (Lipinski definition) is 3. The highest BCUT2D eigenvalue weighted by Gasteiger charge is 2.15. The highest BCUT2D eigenvalue weighted by Crippen LogP contribution is 2.13. The van der Waals surface area contributed by atoms with E-state index < -0.39 is 0 Å². The molecule has 0 bridgehead atoms. The standard InChI is InChI=1S/C10H13N5.ClH/c1-2-8-9(12-4-1)15-10(14-8)13-7-3-5-11-6-7;/h1-2,4,7,11H,3,5-6H2,(H2,12,13,14,15);1H. The quantitative estimate of drug-likeness (QED) is 0.736. The van der Waals surface area contributed by atoms with E-state index in [0.717, 1.165) is 36.6 Å². The molecular formula is C10H14ClN5. The van der Waals surface area contributed by atoms with E-state index in [2.05, 4.69) is 25.6 Å². The number of halogens is 1. The van der Waals surface area contributed by atoms with Crippen LogP contribution in [0.5, 0.6) is 0 Å². The number of anilines is 1. The molecular weight excluding hydrogens is 226 g/mol. The topological polar surface area (TPSA) is 65.6 Å². The molecule has 3 rings (SSSR count). The first-order valence-electron chi connectivity index (χ1n) is 5.20. The minimum absolute atomic E-state index is 0. The number of fused-ring (bicyclic) bond motifs is 1. The van der Waals surface area contributed by atoms with Crippen molar-refractivity contribution in [1.29, 1.82) is 0 Å². The zero-order valence-corrected chi connectivity index (χ0v) is 9.55. The van der Waals surface area contributed by atoms with Gasteiger partial charge in [-0.3, -0.25) is 0 Å². The van der Waals surface area contributed by atoms with Crippen molar-refractivity contribution in [3.63, 3.8) is 0 Å². The number of hydrogen-bond acceptors (Lipinski definition) is 4. The minimum Gasteiger partial charge on any atom is -0.352 e. The third kappa shape index (κ3) is 2.10. The van der Waals surface area contributed by atoms with E-state index in [0.29, 0.717) is 6.04 Å². The molecule has 2 aromatic rings. The zero-order chi connectivity index (χ0) is 10.1. The normalized spacial score (nSPS) is 19.6. The predicted molar refractivity (Wildman–Crippen MR) is 66.0 cm³/mol. The van der Waals surface area contributed by atoms with Crippen LogP contribution in [0.2, 0.25) is 0 Å². The summed E-state index contributed by atoms with van der Waals surface area (Å²) in [4.78, 5) is 11.8. The van der Waals surface area contributed by atoms with Crippen LogP contribution >= 0.6 is 12.4 Å². The Labute approximate surface area is 99.5 Å². The highest BCUT2D eigenvalue weighted by molar-refractivity contribution is 5.85. The van der Waals surface area contributed by atoms with Crippen LogP contribution in [0.1, 0.15) is 6.42 Å². The summed E-state index contributed by atoms with van der Waals surface area (Å²) >= 11 is 0. The maximum absolute atomic E-state index is 4.37.